The first-order chi connectivity index (χ1) is 18.6. The standard InChI is InChI=1S/C29H27Cl2N3O5/c1-29(17-21(34-39-29)15-10-18-6-3-2-4-7-18)28(38)33-24(27(36)37)16-19-11-13-20(14-12-19)32-26(35)25-22(30)8-5-9-23(25)31/h2-9,11-14,24H,10,15-17H2,1H3,(H,32,35)(H,33,38)(H,36,37)/t24-,29?/m0/s1. The fourth-order valence-electron chi connectivity index (χ4n) is 4.19. The van der Waals surface area contributed by atoms with Crippen LogP contribution in [0, 0.1) is 0 Å². The monoisotopic (exact) mass is 567 g/mol. The Labute approximate surface area is 236 Å². The lowest BCUT2D eigenvalue weighted by Gasteiger charge is -2.23. The molecular weight excluding hydrogens is 541 g/mol. The van der Waals surface area contributed by atoms with Gasteiger partial charge in [-0.2, -0.15) is 0 Å². The molecule has 10 heteroatoms. The number of halogens is 2. The molecule has 2 amide bonds. The predicted molar refractivity (Wildman–Crippen MR) is 150 cm³/mol. The molecule has 1 aliphatic heterocycles. The first-order valence-corrected chi connectivity index (χ1v) is 13.1. The van der Waals surface area contributed by atoms with E-state index in [0.29, 0.717) is 17.7 Å². The Morgan fingerprint density at radius 3 is 2.26 bits per heavy atom. The summed E-state index contributed by atoms with van der Waals surface area (Å²) in [6.07, 6.45) is 1.71. The van der Waals surface area contributed by atoms with E-state index >= 15 is 0 Å². The Bertz CT molecular complexity index is 1380. The minimum Gasteiger partial charge on any atom is -0.480 e. The average Bonchev–Trinajstić information content (AvgIpc) is 3.30. The van der Waals surface area contributed by atoms with Crippen LogP contribution in [0.15, 0.2) is 78.0 Å². The molecule has 0 radical (unpaired) electrons. The minimum absolute atomic E-state index is 0.0312. The van der Waals surface area contributed by atoms with Gasteiger partial charge in [-0.15, -0.1) is 0 Å². The smallest absolute Gasteiger partial charge is 0.326 e. The van der Waals surface area contributed by atoms with Crippen LogP contribution in [0.2, 0.25) is 10.0 Å². The van der Waals surface area contributed by atoms with E-state index in [4.69, 9.17) is 28.0 Å². The van der Waals surface area contributed by atoms with E-state index in [1.807, 2.05) is 30.3 Å². The third-order valence-electron chi connectivity index (χ3n) is 6.39. The van der Waals surface area contributed by atoms with Crippen molar-refractivity contribution in [2.45, 2.75) is 44.2 Å². The molecule has 4 rings (SSSR count). The van der Waals surface area contributed by atoms with Crippen LogP contribution >= 0.6 is 23.2 Å². The van der Waals surface area contributed by atoms with Crippen LogP contribution in [0.5, 0.6) is 0 Å². The third kappa shape index (κ3) is 7.16. The maximum Gasteiger partial charge on any atom is 0.326 e. The van der Waals surface area contributed by atoms with Crippen molar-refractivity contribution >= 4 is 52.4 Å². The molecule has 0 fully saturated rings. The number of carboxylic acids is 1. The lowest BCUT2D eigenvalue weighted by molar-refractivity contribution is -0.148. The van der Waals surface area contributed by atoms with Gasteiger partial charge < -0.3 is 20.6 Å². The molecule has 0 aromatic heterocycles. The zero-order valence-corrected chi connectivity index (χ0v) is 22.6. The van der Waals surface area contributed by atoms with E-state index < -0.39 is 29.4 Å². The van der Waals surface area contributed by atoms with Gasteiger partial charge in [0.25, 0.3) is 11.8 Å². The Morgan fingerprint density at radius 1 is 0.949 bits per heavy atom. The molecule has 1 unspecified atom stereocenters. The van der Waals surface area contributed by atoms with E-state index in [9.17, 15) is 19.5 Å². The van der Waals surface area contributed by atoms with E-state index in [1.54, 1.807) is 49.4 Å². The van der Waals surface area contributed by atoms with E-state index in [0.717, 1.165) is 17.7 Å². The number of benzene rings is 3. The van der Waals surface area contributed by atoms with Crippen molar-refractivity contribution in [2.75, 3.05) is 5.32 Å². The van der Waals surface area contributed by atoms with Crippen molar-refractivity contribution in [2.24, 2.45) is 5.16 Å². The number of aliphatic carboxylic acids is 1. The average molecular weight is 568 g/mol. The summed E-state index contributed by atoms with van der Waals surface area (Å²) in [6.45, 7) is 1.60. The summed E-state index contributed by atoms with van der Waals surface area (Å²) < 4.78 is 0. The molecule has 2 atom stereocenters. The first kappa shape index (κ1) is 28.1. The number of oxime groups is 1. The van der Waals surface area contributed by atoms with Crippen molar-refractivity contribution in [3.05, 3.63) is 99.5 Å². The molecular formula is C29H27Cl2N3O5. The molecule has 0 bridgehead atoms. The summed E-state index contributed by atoms with van der Waals surface area (Å²) in [5, 5.41) is 19.6. The number of hydrogen-bond acceptors (Lipinski definition) is 5. The van der Waals surface area contributed by atoms with Gasteiger partial charge in [0.05, 0.1) is 21.3 Å². The van der Waals surface area contributed by atoms with Crippen LogP contribution in [-0.4, -0.2) is 40.2 Å². The van der Waals surface area contributed by atoms with Gasteiger partial charge in [0.15, 0.2) is 0 Å². The Kier molecular flexibility index (Phi) is 8.89. The van der Waals surface area contributed by atoms with Gasteiger partial charge >= 0.3 is 5.97 Å². The quantitative estimate of drug-likeness (QED) is 0.298. The van der Waals surface area contributed by atoms with Crippen LogP contribution in [0.3, 0.4) is 0 Å². The van der Waals surface area contributed by atoms with Crippen LogP contribution < -0.4 is 10.6 Å². The second kappa shape index (κ2) is 12.3. The van der Waals surface area contributed by atoms with Crippen LogP contribution in [0.1, 0.15) is 41.3 Å². The number of amides is 2. The molecule has 0 spiro atoms. The van der Waals surface area contributed by atoms with Crippen LogP contribution in [-0.2, 0) is 27.3 Å². The number of nitrogens with zero attached hydrogens (tertiary/aromatic N) is 1. The topological polar surface area (TPSA) is 117 Å². The Hall–Kier alpha value is -3.88. The van der Waals surface area contributed by atoms with Gasteiger partial charge in [-0.1, -0.05) is 76.9 Å². The molecule has 39 heavy (non-hydrogen) atoms. The summed E-state index contributed by atoms with van der Waals surface area (Å²) in [6, 6.07) is 20.1. The molecule has 0 saturated carbocycles. The van der Waals surface area contributed by atoms with Crippen LogP contribution in [0.4, 0.5) is 5.69 Å². The fraction of sp³-hybridized carbons (Fsp3) is 0.241. The normalized spacial score (nSPS) is 17.1. The molecule has 8 nitrogen and oxygen atoms in total. The summed E-state index contributed by atoms with van der Waals surface area (Å²) in [5.74, 6) is -2.20. The zero-order valence-electron chi connectivity index (χ0n) is 21.1. The summed E-state index contributed by atoms with van der Waals surface area (Å²) in [4.78, 5) is 43.0. The Morgan fingerprint density at radius 2 is 1.62 bits per heavy atom. The molecule has 3 aromatic carbocycles. The van der Waals surface area contributed by atoms with Gasteiger partial charge in [-0.3, -0.25) is 9.59 Å². The number of nitrogens with one attached hydrogen (secondary N) is 2. The van der Waals surface area contributed by atoms with E-state index in [1.165, 1.54) is 0 Å². The van der Waals surface area contributed by atoms with Crippen LogP contribution in [0.25, 0.3) is 0 Å². The number of carbonyl (C=O) groups excluding carboxylic acids is 2. The maximum absolute atomic E-state index is 13.0. The fourth-order valence-corrected chi connectivity index (χ4v) is 4.76. The number of carbonyl (C=O) groups is 3. The first-order valence-electron chi connectivity index (χ1n) is 12.3. The largest absolute Gasteiger partial charge is 0.480 e. The highest BCUT2D eigenvalue weighted by Crippen LogP contribution is 2.27. The number of rotatable bonds is 10. The lowest BCUT2D eigenvalue weighted by Crippen LogP contribution is -2.51. The van der Waals surface area contributed by atoms with E-state index in [2.05, 4.69) is 15.8 Å². The van der Waals surface area contributed by atoms with Gasteiger partial charge in [-0.05, 0) is 55.2 Å². The van der Waals surface area contributed by atoms with Gasteiger partial charge in [0.1, 0.15) is 6.04 Å². The zero-order chi connectivity index (χ0) is 28.0. The summed E-state index contributed by atoms with van der Waals surface area (Å²) in [7, 11) is 0. The van der Waals surface area contributed by atoms with Crippen molar-refractivity contribution < 1.29 is 24.3 Å². The molecule has 3 N–H and O–H groups in total. The van der Waals surface area contributed by atoms with Crippen molar-refractivity contribution in [1.82, 2.24) is 5.32 Å². The predicted octanol–water partition coefficient (Wildman–Crippen LogP) is 5.53. The minimum atomic E-state index is -1.28. The molecule has 3 aromatic rings. The molecule has 0 saturated heterocycles. The maximum atomic E-state index is 13.0. The van der Waals surface area contributed by atoms with Crippen molar-refractivity contribution in [3.63, 3.8) is 0 Å². The third-order valence-corrected chi connectivity index (χ3v) is 7.02. The van der Waals surface area contributed by atoms with Gasteiger partial charge in [0.2, 0.25) is 5.60 Å². The molecule has 1 heterocycles. The number of aryl methyl sites for hydroxylation is 1. The Balaban J connectivity index is 1.33. The van der Waals surface area contributed by atoms with Crippen molar-refractivity contribution in [3.8, 4) is 0 Å². The highest BCUT2D eigenvalue weighted by molar-refractivity contribution is 6.40. The highest BCUT2D eigenvalue weighted by atomic mass is 35.5. The molecule has 1 aliphatic rings. The van der Waals surface area contributed by atoms with E-state index in [-0.39, 0.29) is 28.5 Å². The number of anilines is 1. The SMILES string of the molecule is CC1(C(=O)N[C@@H](Cc2ccc(NC(=O)c3c(Cl)cccc3Cl)cc2)C(=O)O)CC(CCc2ccccc2)=NO1. The molecule has 0 aliphatic carbocycles. The van der Waals surface area contributed by atoms with Crippen molar-refractivity contribution in [1.29, 1.82) is 0 Å². The highest BCUT2D eigenvalue weighted by Gasteiger charge is 2.43. The van der Waals surface area contributed by atoms with Gasteiger partial charge in [0, 0.05) is 18.5 Å². The van der Waals surface area contributed by atoms with Gasteiger partial charge in [-0.25, -0.2) is 4.79 Å². The number of carboxylic acid groups (broad SMARTS) is 1. The second-order valence-electron chi connectivity index (χ2n) is 9.46. The summed E-state index contributed by atoms with van der Waals surface area (Å²) in [5.41, 5.74) is 1.90. The lowest BCUT2D eigenvalue weighted by atomic mass is 9.94. The molecule has 202 valence electrons. The summed E-state index contributed by atoms with van der Waals surface area (Å²) >= 11 is 12.2. The second-order valence-corrected chi connectivity index (χ2v) is 10.3. The number of hydrogen-bond donors (Lipinski definition) is 3.